The summed E-state index contributed by atoms with van der Waals surface area (Å²) < 4.78 is 36.9. The summed E-state index contributed by atoms with van der Waals surface area (Å²) in [6.45, 7) is 22.0. The number of aryl methyl sites for hydroxylation is 4. The Hall–Kier alpha value is -2.94. The standard InChI is InChI=1S/C12H21BN2O2.C6H12BO2.C6H10N2.2CO2.2CH4O.2CHO.Ir/c1-7-9-8-10(15(6)14-9)13-16-11(2,3)12(4,5)17-13;1-5(2)6(3,4)9-7-8-5;1-3-6-4-5-8(2)7-6;2*2-1-3;4*1-2;/h8H,7H2,1-6H3;1-4H3;4-5H,3H2,1-2H3;;;2*2H,1H3;2*1H;/q;;;;;;;2*-1;/i;;;;;;;2*1D;. The molecule has 2 fully saturated rings. The molecule has 2 radical (unpaired) electrons. The zero-order valence-electron chi connectivity index (χ0n) is 32.9. The van der Waals surface area contributed by atoms with E-state index in [1.54, 1.807) is 0 Å². The molecule has 2 aliphatic heterocycles. The topological polar surface area (TPSA) is 215 Å². The van der Waals surface area contributed by atoms with Gasteiger partial charge in [-0.3, -0.25) is 22.9 Å². The van der Waals surface area contributed by atoms with Gasteiger partial charge in [-0.05, 0) is 80.4 Å². The van der Waals surface area contributed by atoms with Gasteiger partial charge in [0.25, 0.3) is 0 Å². The van der Waals surface area contributed by atoms with Crippen molar-refractivity contribution in [2.75, 3.05) is 14.2 Å². The molecule has 4 heterocycles. The third-order valence-electron chi connectivity index (χ3n) is 7.09. The van der Waals surface area contributed by atoms with Gasteiger partial charge in [0.05, 0.1) is 39.4 Å². The molecule has 282 valence electrons. The van der Waals surface area contributed by atoms with Gasteiger partial charge in [-0.25, -0.2) is 0 Å². The van der Waals surface area contributed by atoms with Gasteiger partial charge in [-0.15, -0.1) is 0 Å². The van der Waals surface area contributed by atoms with Crippen molar-refractivity contribution in [1.29, 1.82) is 0 Å². The summed E-state index contributed by atoms with van der Waals surface area (Å²) in [7, 11) is 6.96. The fraction of sp³-hybridized carbons (Fsp3) is 0.667. The molecule has 2 aromatic heterocycles. The van der Waals surface area contributed by atoms with Gasteiger partial charge in [0.2, 0.25) is 0 Å². The van der Waals surface area contributed by atoms with E-state index in [1.807, 2.05) is 63.4 Å². The molecule has 0 bridgehead atoms. The minimum atomic E-state index is -0.321. The van der Waals surface area contributed by atoms with Crippen molar-refractivity contribution in [3.8, 4) is 0 Å². The molecule has 0 atom stereocenters. The molecular formula is C30H53B2IrN4O12-2. The monoisotopic (exact) mass is 878 g/mol. The van der Waals surface area contributed by atoms with Crippen molar-refractivity contribution in [2.45, 2.75) is 104 Å². The quantitative estimate of drug-likeness (QED) is 0.249. The number of hydrogen-bond donors (Lipinski definition) is 2. The summed E-state index contributed by atoms with van der Waals surface area (Å²) in [6.07, 6.45) is 4.41. The Labute approximate surface area is 308 Å². The van der Waals surface area contributed by atoms with E-state index in [2.05, 4.69) is 57.8 Å². The van der Waals surface area contributed by atoms with Crippen molar-refractivity contribution in [3.05, 3.63) is 29.7 Å². The van der Waals surface area contributed by atoms with Crippen LogP contribution in [0.2, 0.25) is 0 Å². The SMILES string of the molecule is CC1(C)O[B]OC1(C)C.CCc1cc(B2OC(C)(C)C(C)(C)O2)n(C)n1.CCc1ccn(C)n1.CO.CO.O=C=O.O=C=O.[2H][C-]=O.[2H][C-]=O.[Ir]. The van der Waals surface area contributed by atoms with E-state index in [9.17, 15) is 0 Å². The van der Waals surface area contributed by atoms with Gasteiger partial charge in [-0.1, -0.05) is 13.8 Å². The molecule has 2 saturated heterocycles. The largest absolute Gasteiger partial charge is 0.545 e. The average Bonchev–Trinajstić information content (AvgIpc) is 3.76. The molecule has 0 amide bonds. The third-order valence-corrected chi connectivity index (χ3v) is 7.09. The molecule has 16 nitrogen and oxygen atoms in total. The predicted molar refractivity (Wildman–Crippen MR) is 177 cm³/mol. The Balaban J connectivity index is -0.000000128. The Morgan fingerprint density at radius 2 is 1.14 bits per heavy atom. The Kier molecular flexibility index (Phi) is 33.5. The Morgan fingerprint density at radius 3 is 1.35 bits per heavy atom. The van der Waals surface area contributed by atoms with Crippen LogP contribution in [0.3, 0.4) is 0 Å². The molecule has 49 heavy (non-hydrogen) atoms. The Bertz CT molecular complexity index is 1190. The number of nitrogens with zero attached hydrogens (tertiary/aromatic N) is 4. The fourth-order valence-corrected chi connectivity index (χ4v) is 3.10. The van der Waals surface area contributed by atoms with Gasteiger partial charge < -0.3 is 38.4 Å². The average molecular weight is 878 g/mol. The number of hydrogen-bond acceptors (Lipinski definition) is 14. The van der Waals surface area contributed by atoms with Crippen LogP contribution >= 0.6 is 0 Å². The summed E-state index contributed by atoms with van der Waals surface area (Å²) in [4.78, 5) is 49.2. The molecule has 2 aromatic rings. The summed E-state index contributed by atoms with van der Waals surface area (Å²) in [5.41, 5.74) is 2.24. The third kappa shape index (κ3) is 21.7. The van der Waals surface area contributed by atoms with Gasteiger partial charge in [0.1, 0.15) is 0 Å². The maximum atomic E-state index is 8.35. The molecule has 0 unspecified atom stereocenters. The molecule has 0 aliphatic carbocycles. The number of carbonyl (C=O) groups excluding carboxylic acids is 6. The van der Waals surface area contributed by atoms with Crippen LogP contribution < -0.4 is 5.59 Å². The molecule has 0 saturated carbocycles. The van der Waals surface area contributed by atoms with Crippen molar-refractivity contribution in [1.82, 2.24) is 19.6 Å². The van der Waals surface area contributed by atoms with E-state index < -0.39 is 0 Å². The van der Waals surface area contributed by atoms with Crippen LogP contribution in [0.5, 0.6) is 0 Å². The zero-order chi connectivity index (χ0) is 40.8. The van der Waals surface area contributed by atoms with Crippen LogP contribution in [-0.2, 0) is 94.4 Å². The summed E-state index contributed by atoms with van der Waals surface area (Å²) in [5, 5.41) is 22.6. The van der Waals surface area contributed by atoms with E-state index in [-0.39, 0.29) is 61.9 Å². The molecule has 2 N–H and O–H groups in total. The number of aliphatic hydroxyl groups excluding tert-OH is 2. The van der Waals surface area contributed by atoms with E-state index >= 15 is 0 Å². The van der Waals surface area contributed by atoms with Crippen molar-refractivity contribution in [3.63, 3.8) is 0 Å². The molecule has 2 aliphatic rings. The van der Waals surface area contributed by atoms with Crippen LogP contribution in [0.4, 0.5) is 0 Å². The van der Waals surface area contributed by atoms with Gasteiger partial charge >= 0.3 is 27.1 Å². The number of aliphatic hydroxyl groups is 2. The molecule has 19 heteroatoms. The first kappa shape index (κ1) is 52.9. The van der Waals surface area contributed by atoms with Crippen LogP contribution in [0.1, 0.15) is 83.4 Å². The first-order valence-electron chi connectivity index (χ1n) is 15.2. The van der Waals surface area contributed by atoms with E-state index in [0.29, 0.717) is 0 Å². The first-order valence-corrected chi connectivity index (χ1v) is 14.2. The minimum absolute atomic E-state index is 0. The maximum Gasteiger partial charge on any atom is 0.514 e. The summed E-state index contributed by atoms with van der Waals surface area (Å²) in [5.74, 6) is 0. The molecule has 0 spiro atoms. The minimum Gasteiger partial charge on any atom is -0.545 e. The van der Waals surface area contributed by atoms with Crippen LogP contribution in [0.15, 0.2) is 18.3 Å². The van der Waals surface area contributed by atoms with E-state index in [0.717, 1.165) is 57.6 Å². The van der Waals surface area contributed by atoms with Gasteiger partial charge in [-0.2, -0.15) is 32.1 Å². The summed E-state index contributed by atoms with van der Waals surface area (Å²) >= 11 is 0. The molecular weight excluding hydrogens is 822 g/mol. The normalized spacial score (nSPS) is 15.9. The zero-order valence-corrected chi connectivity index (χ0v) is 33.3. The molecule has 4 rings (SSSR count). The maximum absolute atomic E-state index is 8.35. The van der Waals surface area contributed by atoms with Crippen molar-refractivity contribution < 1.29 is 80.4 Å². The Morgan fingerprint density at radius 1 is 0.796 bits per heavy atom. The van der Waals surface area contributed by atoms with E-state index in [4.69, 9.17) is 60.3 Å². The molecule has 0 aromatic carbocycles. The van der Waals surface area contributed by atoms with E-state index in [1.165, 1.54) is 7.69 Å². The second-order valence-corrected chi connectivity index (χ2v) is 11.0. The van der Waals surface area contributed by atoms with Gasteiger partial charge in [0.15, 0.2) is 0 Å². The number of rotatable bonds is 3. The predicted octanol–water partition coefficient (Wildman–Crippen LogP) is 0.888. The van der Waals surface area contributed by atoms with Crippen LogP contribution in [-0.4, -0.2) is 107 Å². The smallest absolute Gasteiger partial charge is 0.514 e. The second-order valence-electron chi connectivity index (χ2n) is 11.0. The van der Waals surface area contributed by atoms with Crippen molar-refractivity contribution >= 4 is 46.2 Å². The van der Waals surface area contributed by atoms with Crippen LogP contribution in [0, 0.1) is 0 Å². The number of aromatic nitrogens is 4. The first-order chi connectivity index (χ1) is 23.2. The second kappa shape index (κ2) is 31.1. The fourth-order valence-electron chi connectivity index (χ4n) is 3.10. The van der Waals surface area contributed by atoms with Crippen LogP contribution in [0.25, 0.3) is 0 Å². The summed E-state index contributed by atoms with van der Waals surface area (Å²) in [6, 6.07) is 4.09. The van der Waals surface area contributed by atoms with Gasteiger partial charge in [0, 0.05) is 54.6 Å². The van der Waals surface area contributed by atoms with Crippen molar-refractivity contribution in [2.24, 2.45) is 14.1 Å².